The Labute approximate surface area is 244 Å². The number of alkyl halides is 6. The van der Waals surface area contributed by atoms with E-state index in [1.54, 1.807) is 0 Å². The Hall–Kier alpha value is -3.08. The van der Waals surface area contributed by atoms with Crippen LogP contribution in [0.4, 0.5) is 31.1 Å². The summed E-state index contributed by atoms with van der Waals surface area (Å²) in [7, 11) is 0. The highest BCUT2D eigenvalue weighted by Gasteiger charge is 2.49. The maximum atomic E-state index is 13.4. The number of amides is 3. The molecule has 2 N–H and O–H groups in total. The van der Waals surface area contributed by atoms with Gasteiger partial charge in [0.1, 0.15) is 18.8 Å². The second kappa shape index (κ2) is 12.0. The molecule has 2 aliphatic heterocycles. The lowest BCUT2D eigenvalue weighted by Crippen LogP contribution is -2.71. The summed E-state index contributed by atoms with van der Waals surface area (Å²) in [6.07, 6.45) is -12.2. The number of hydrogen-bond acceptors (Lipinski definition) is 5. The van der Waals surface area contributed by atoms with Gasteiger partial charge in [0.2, 0.25) is 11.8 Å². The number of piperazine rings is 1. The molecular formula is C26H25F6IN4O4. The SMILES string of the molecule is NCC[C@H]1C(=O)N(Cc2cccc(I)c2)C[C@@H]2N(C(=O)OCc3cc(C(F)(F)F)cc(C(F)(F)F)c3)CCC(=O)N21. The third-order valence-corrected chi connectivity index (χ3v) is 7.47. The monoisotopic (exact) mass is 698 g/mol. The molecule has 0 unspecified atom stereocenters. The quantitative estimate of drug-likeness (QED) is 0.352. The number of fused-ring (bicyclic) bond motifs is 1. The van der Waals surface area contributed by atoms with E-state index in [1.807, 2.05) is 24.3 Å². The molecule has 2 aliphatic rings. The van der Waals surface area contributed by atoms with Gasteiger partial charge in [-0.05, 0) is 77.0 Å². The van der Waals surface area contributed by atoms with Gasteiger partial charge in [-0.15, -0.1) is 0 Å². The Morgan fingerprint density at radius 2 is 1.66 bits per heavy atom. The van der Waals surface area contributed by atoms with Crippen LogP contribution in [0.2, 0.25) is 0 Å². The van der Waals surface area contributed by atoms with Crippen molar-refractivity contribution in [1.82, 2.24) is 14.7 Å². The Balaban J connectivity index is 1.57. The van der Waals surface area contributed by atoms with E-state index in [0.29, 0.717) is 12.1 Å². The molecule has 15 heteroatoms. The van der Waals surface area contributed by atoms with Gasteiger partial charge in [-0.1, -0.05) is 12.1 Å². The number of halogens is 7. The van der Waals surface area contributed by atoms with Crippen molar-refractivity contribution >= 4 is 40.5 Å². The Kier molecular flexibility index (Phi) is 9.06. The van der Waals surface area contributed by atoms with Crippen LogP contribution < -0.4 is 5.73 Å². The summed E-state index contributed by atoms with van der Waals surface area (Å²) in [4.78, 5) is 43.4. The first-order valence-electron chi connectivity index (χ1n) is 12.4. The summed E-state index contributed by atoms with van der Waals surface area (Å²) in [6, 6.07) is 7.38. The second-order valence-electron chi connectivity index (χ2n) is 9.64. The largest absolute Gasteiger partial charge is 0.444 e. The van der Waals surface area contributed by atoms with Crippen molar-refractivity contribution in [2.75, 3.05) is 19.6 Å². The zero-order valence-corrected chi connectivity index (χ0v) is 23.5. The van der Waals surface area contributed by atoms with Gasteiger partial charge < -0.3 is 20.3 Å². The fourth-order valence-electron chi connectivity index (χ4n) is 4.96. The van der Waals surface area contributed by atoms with Gasteiger partial charge in [-0.25, -0.2) is 4.79 Å². The van der Waals surface area contributed by atoms with Gasteiger partial charge in [0, 0.05) is 23.1 Å². The number of rotatable bonds is 6. The zero-order valence-electron chi connectivity index (χ0n) is 21.3. The van der Waals surface area contributed by atoms with Crippen LogP contribution in [0, 0.1) is 3.57 Å². The molecule has 0 aliphatic carbocycles. The summed E-state index contributed by atoms with van der Waals surface area (Å²) in [6.45, 7) is -0.807. The molecule has 0 bridgehead atoms. The van der Waals surface area contributed by atoms with Crippen LogP contribution in [0.5, 0.6) is 0 Å². The molecule has 4 rings (SSSR count). The number of nitrogens with zero attached hydrogens (tertiary/aromatic N) is 3. The number of ether oxygens (including phenoxy) is 1. The summed E-state index contributed by atoms with van der Waals surface area (Å²) >= 11 is 2.13. The van der Waals surface area contributed by atoms with Crippen LogP contribution in [-0.2, 0) is 39.8 Å². The summed E-state index contributed by atoms with van der Waals surface area (Å²) in [5.41, 5.74) is 2.96. The molecule has 0 saturated carbocycles. The van der Waals surface area contributed by atoms with E-state index in [0.717, 1.165) is 14.0 Å². The molecule has 0 radical (unpaired) electrons. The van der Waals surface area contributed by atoms with E-state index in [1.165, 1.54) is 9.80 Å². The van der Waals surface area contributed by atoms with Gasteiger partial charge in [-0.3, -0.25) is 14.5 Å². The van der Waals surface area contributed by atoms with Crippen LogP contribution in [0.25, 0.3) is 0 Å². The summed E-state index contributed by atoms with van der Waals surface area (Å²) < 4.78 is 85.5. The maximum absolute atomic E-state index is 13.4. The molecule has 3 amide bonds. The van der Waals surface area contributed by atoms with Gasteiger partial charge in [0.05, 0.1) is 17.7 Å². The molecule has 222 valence electrons. The molecule has 8 nitrogen and oxygen atoms in total. The summed E-state index contributed by atoms with van der Waals surface area (Å²) in [5, 5.41) is 0. The predicted molar refractivity (Wildman–Crippen MR) is 141 cm³/mol. The van der Waals surface area contributed by atoms with Crippen molar-refractivity contribution in [2.24, 2.45) is 5.73 Å². The molecule has 2 aromatic carbocycles. The first kappa shape index (κ1) is 30.9. The van der Waals surface area contributed by atoms with Crippen LogP contribution in [-0.4, -0.2) is 64.4 Å². The third kappa shape index (κ3) is 7.05. The topological polar surface area (TPSA) is 96.2 Å². The highest BCUT2D eigenvalue weighted by Crippen LogP contribution is 2.36. The molecule has 2 atom stereocenters. The van der Waals surface area contributed by atoms with E-state index < -0.39 is 54.0 Å². The second-order valence-corrected chi connectivity index (χ2v) is 10.9. The van der Waals surface area contributed by atoms with Gasteiger partial charge >= 0.3 is 18.4 Å². The first-order chi connectivity index (χ1) is 19.2. The van der Waals surface area contributed by atoms with Crippen LogP contribution >= 0.6 is 22.6 Å². The van der Waals surface area contributed by atoms with Crippen LogP contribution in [0.3, 0.4) is 0 Å². The number of carbonyl (C=O) groups is 3. The van der Waals surface area contributed by atoms with Crippen molar-refractivity contribution in [3.8, 4) is 0 Å². The van der Waals surface area contributed by atoms with E-state index in [9.17, 15) is 40.7 Å². The van der Waals surface area contributed by atoms with E-state index in [2.05, 4.69) is 22.6 Å². The number of hydrogen-bond donors (Lipinski definition) is 1. The Morgan fingerprint density at radius 1 is 1.00 bits per heavy atom. The smallest absolute Gasteiger partial charge is 0.416 e. The lowest BCUT2D eigenvalue weighted by Gasteiger charge is -2.51. The predicted octanol–water partition coefficient (Wildman–Crippen LogP) is 4.59. The third-order valence-electron chi connectivity index (χ3n) is 6.80. The number of benzene rings is 2. The molecule has 2 fully saturated rings. The first-order valence-corrected chi connectivity index (χ1v) is 13.5. The highest BCUT2D eigenvalue weighted by atomic mass is 127. The van der Waals surface area contributed by atoms with E-state index in [4.69, 9.17) is 10.5 Å². The average Bonchev–Trinajstić information content (AvgIpc) is 2.88. The minimum Gasteiger partial charge on any atom is -0.444 e. The van der Waals surface area contributed by atoms with Gasteiger partial charge in [0.15, 0.2) is 0 Å². The standard InChI is InChI=1S/C26H25F6IN4O4/c27-25(28,29)17-8-16(9-18(11-17)26(30,31)32)14-41-24(40)36-7-5-22(38)37-20(4-6-34)23(39)35(13-21(36)37)12-15-2-1-3-19(33)10-15/h1-3,8-11,20-21H,4-7,12-14,34H2/t20-,21+/m0/s1. The fourth-order valence-corrected chi connectivity index (χ4v) is 5.57. The minimum absolute atomic E-state index is 0.0155. The van der Waals surface area contributed by atoms with Crippen molar-refractivity contribution in [3.05, 3.63) is 68.3 Å². The van der Waals surface area contributed by atoms with Crippen molar-refractivity contribution in [3.63, 3.8) is 0 Å². The van der Waals surface area contributed by atoms with Crippen LogP contribution in [0.1, 0.15) is 35.1 Å². The molecule has 2 heterocycles. The molecule has 41 heavy (non-hydrogen) atoms. The van der Waals surface area contributed by atoms with Gasteiger partial charge in [-0.2, -0.15) is 26.3 Å². The lowest BCUT2D eigenvalue weighted by molar-refractivity contribution is -0.168. The van der Waals surface area contributed by atoms with Crippen molar-refractivity contribution in [2.45, 2.75) is 50.6 Å². The highest BCUT2D eigenvalue weighted by molar-refractivity contribution is 14.1. The average molecular weight is 698 g/mol. The molecule has 2 aromatic rings. The Bertz CT molecular complexity index is 1290. The number of nitrogens with two attached hydrogens (primary N) is 1. The molecule has 0 spiro atoms. The fraction of sp³-hybridized carbons (Fsp3) is 0.423. The normalized spacial score (nSPS) is 19.9. The molecular weight excluding hydrogens is 673 g/mol. The molecule has 0 aromatic heterocycles. The van der Waals surface area contributed by atoms with Gasteiger partial charge in [0.25, 0.3) is 0 Å². The zero-order chi connectivity index (χ0) is 30.1. The minimum atomic E-state index is -5.05. The lowest BCUT2D eigenvalue weighted by atomic mass is 10.0. The molecule has 2 saturated heterocycles. The van der Waals surface area contributed by atoms with Crippen molar-refractivity contribution in [1.29, 1.82) is 0 Å². The Morgan fingerprint density at radius 3 is 2.24 bits per heavy atom. The summed E-state index contributed by atoms with van der Waals surface area (Å²) in [5.74, 6) is -0.731. The number of carbonyl (C=O) groups excluding carboxylic acids is 3. The van der Waals surface area contributed by atoms with Crippen LogP contribution in [0.15, 0.2) is 42.5 Å². The van der Waals surface area contributed by atoms with E-state index >= 15 is 0 Å². The maximum Gasteiger partial charge on any atom is 0.416 e. The van der Waals surface area contributed by atoms with E-state index in [-0.39, 0.29) is 56.9 Å². The van der Waals surface area contributed by atoms with Crippen molar-refractivity contribution < 1.29 is 45.5 Å².